The minimum Gasteiger partial charge on any atom is -0.853 e. The molecule has 0 amide bonds. The summed E-state index contributed by atoms with van der Waals surface area (Å²) in [5.74, 6) is 0. The Hall–Kier alpha value is 0.920. The average molecular weight is 152 g/mol. The van der Waals surface area contributed by atoms with Gasteiger partial charge in [-0.3, -0.25) is 0 Å². The van der Waals surface area contributed by atoms with E-state index in [0.717, 1.165) is 19.3 Å². The fraction of sp³-hybridized carbons (Fsp3) is 1.00. The molecule has 54 valence electrons. The second kappa shape index (κ2) is 5.56. The van der Waals surface area contributed by atoms with Crippen LogP contribution < -0.4 is 34.7 Å². The molecule has 2 nitrogen and oxygen atoms in total. The predicted molar refractivity (Wildman–Crippen MR) is 33.1 cm³/mol. The second-order valence-corrected chi connectivity index (χ2v) is 2.67. The van der Waals surface area contributed by atoms with E-state index in [1.54, 1.807) is 0 Å². The molecule has 2 atom stereocenters. The van der Waals surface area contributed by atoms with Gasteiger partial charge in [0, 0.05) is 6.10 Å². The Labute approximate surface area is 84.2 Å². The predicted octanol–water partition coefficient (Wildman–Crippen LogP) is -2.69. The van der Waals surface area contributed by atoms with Crippen LogP contribution in [0.4, 0.5) is 0 Å². The van der Waals surface area contributed by atoms with Crippen LogP contribution in [0.1, 0.15) is 26.2 Å². The summed E-state index contributed by atoms with van der Waals surface area (Å²) in [6.07, 6.45) is 3.57. The van der Waals surface area contributed by atoms with E-state index in [0.29, 0.717) is 6.10 Å². The fourth-order valence-corrected chi connectivity index (χ4v) is 1.22. The van der Waals surface area contributed by atoms with E-state index < -0.39 is 0 Å². The van der Waals surface area contributed by atoms with Crippen molar-refractivity contribution in [2.75, 3.05) is 6.61 Å². The van der Waals surface area contributed by atoms with Gasteiger partial charge in [0.2, 0.25) is 0 Å². The third-order valence-corrected chi connectivity index (χ3v) is 1.75. The first-order valence-corrected chi connectivity index (χ1v) is 3.56. The van der Waals surface area contributed by atoms with Gasteiger partial charge in [-0.25, -0.2) is 0 Å². The van der Waals surface area contributed by atoms with Crippen molar-refractivity contribution >= 4 is 0 Å². The third kappa shape index (κ3) is 3.35. The standard InChI is InChI=1S/C7H13O2.Na/c1-6-3-2-4-7(5-8)9-6;/h6-7H,2-5H2,1H3;/q-1;+1. The van der Waals surface area contributed by atoms with Gasteiger partial charge in [-0.15, -0.1) is 6.61 Å². The number of hydrogen-bond acceptors (Lipinski definition) is 2. The molecule has 2 unspecified atom stereocenters. The van der Waals surface area contributed by atoms with Gasteiger partial charge in [-0.05, 0) is 26.2 Å². The van der Waals surface area contributed by atoms with E-state index in [1.165, 1.54) is 0 Å². The summed E-state index contributed by atoms with van der Waals surface area (Å²) in [6, 6.07) is 0. The summed E-state index contributed by atoms with van der Waals surface area (Å²) in [7, 11) is 0. The van der Waals surface area contributed by atoms with E-state index in [1.807, 2.05) is 6.92 Å². The minimum atomic E-state index is -0.0651. The van der Waals surface area contributed by atoms with E-state index in [-0.39, 0.29) is 42.3 Å². The summed E-state index contributed by atoms with van der Waals surface area (Å²) in [5, 5.41) is 10.3. The Kier molecular flexibility index (Phi) is 6.07. The first-order chi connectivity index (χ1) is 4.33. The van der Waals surface area contributed by atoms with Gasteiger partial charge < -0.3 is 9.84 Å². The maximum atomic E-state index is 10.3. The van der Waals surface area contributed by atoms with Crippen LogP contribution in [0.25, 0.3) is 0 Å². The zero-order chi connectivity index (χ0) is 6.69. The summed E-state index contributed by atoms with van der Waals surface area (Å²) < 4.78 is 5.32. The number of rotatable bonds is 1. The third-order valence-electron chi connectivity index (χ3n) is 1.75. The summed E-state index contributed by atoms with van der Waals surface area (Å²) in [6.45, 7) is 1.96. The molecule has 1 saturated heterocycles. The molecule has 0 spiro atoms. The zero-order valence-corrected chi connectivity index (χ0v) is 8.80. The van der Waals surface area contributed by atoms with Crippen molar-refractivity contribution in [2.24, 2.45) is 0 Å². The van der Waals surface area contributed by atoms with Crippen LogP contribution in [0.15, 0.2) is 0 Å². The molecule has 1 aliphatic heterocycles. The van der Waals surface area contributed by atoms with E-state index in [4.69, 9.17) is 4.74 Å². The quantitative estimate of drug-likeness (QED) is 0.383. The van der Waals surface area contributed by atoms with Crippen molar-refractivity contribution < 1.29 is 39.4 Å². The molecule has 0 aliphatic carbocycles. The minimum absolute atomic E-state index is 0. The van der Waals surface area contributed by atoms with Crippen LogP contribution in [-0.4, -0.2) is 18.8 Å². The van der Waals surface area contributed by atoms with Crippen LogP contribution in [0, 0.1) is 0 Å². The molecule has 1 aliphatic rings. The van der Waals surface area contributed by atoms with Crippen molar-refractivity contribution in [1.29, 1.82) is 0 Å². The Morgan fingerprint density at radius 1 is 1.50 bits per heavy atom. The maximum Gasteiger partial charge on any atom is 1.00 e. The molecule has 3 heteroatoms. The first-order valence-electron chi connectivity index (χ1n) is 3.56. The van der Waals surface area contributed by atoms with E-state index in [9.17, 15) is 5.11 Å². The summed E-state index contributed by atoms with van der Waals surface area (Å²) in [4.78, 5) is 0. The van der Waals surface area contributed by atoms with Crippen molar-refractivity contribution in [1.82, 2.24) is 0 Å². The molecule has 0 bridgehead atoms. The van der Waals surface area contributed by atoms with Crippen molar-refractivity contribution in [3.8, 4) is 0 Å². The van der Waals surface area contributed by atoms with Gasteiger partial charge in [0.05, 0.1) is 6.10 Å². The monoisotopic (exact) mass is 152 g/mol. The molecule has 1 fully saturated rings. The van der Waals surface area contributed by atoms with Crippen LogP contribution in [-0.2, 0) is 4.74 Å². The van der Waals surface area contributed by atoms with Gasteiger partial charge in [-0.1, -0.05) is 0 Å². The molecule has 10 heavy (non-hydrogen) atoms. The molecule has 0 saturated carbocycles. The van der Waals surface area contributed by atoms with Crippen LogP contribution in [0.2, 0.25) is 0 Å². The molecular weight excluding hydrogens is 139 g/mol. The smallest absolute Gasteiger partial charge is 0.853 e. The van der Waals surface area contributed by atoms with Gasteiger partial charge >= 0.3 is 29.6 Å². The van der Waals surface area contributed by atoms with E-state index in [2.05, 4.69) is 0 Å². The van der Waals surface area contributed by atoms with E-state index >= 15 is 0 Å². The molecule has 0 aromatic heterocycles. The van der Waals surface area contributed by atoms with Gasteiger partial charge in [0.15, 0.2) is 0 Å². The topological polar surface area (TPSA) is 32.3 Å². The average Bonchev–Trinajstić information content (AvgIpc) is 1.88. The maximum absolute atomic E-state index is 10.3. The van der Waals surface area contributed by atoms with Gasteiger partial charge in [-0.2, -0.15) is 0 Å². The molecule has 1 rings (SSSR count). The van der Waals surface area contributed by atoms with Crippen molar-refractivity contribution in [2.45, 2.75) is 38.4 Å². The normalized spacial score (nSPS) is 33.0. The molecule has 0 aromatic rings. The van der Waals surface area contributed by atoms with Crippen LogP contribution in [0.3, 0.4) is 0 Å². The molecule has 0 radical (unpaired) electrons. The van der Waals surface area contributed by atoms with Gasteiger partial charge in [0.25, 0.3) is 0 Å². The fourth-order valence-electron chi connectivity index (χ4n) is 1.22. The second-order valence-electron chi connectivity index (χ2n) is 2.67. The van der Waals surface area contributed by atoms with Crippen LogP contribution >= 0.6 is 0 Å². The first kappa shape index (κ1) is 10.9. The molecule has 1 heterocycles. The van der Waals surface area contributed by atoms with Crippen molar-refractivity contribution in [3.05, 3.63) is 0 Å². The summed E-state index contributed by atoms with van der Waals surface area (Å²) in [5.41, 5.74) is 0. The number of ether oxygens (including phenoxy) is 1. The Bertz CT molecular complexity index is 87.7. The molecule has 0 aromatic carbocycles. The Morgan fingerprint density at radius 3 is 2.60 bits per heavy atom. The SMILES string of the molecule is CC1CCCC(C[O-])O1.[Na+]. The van der Waals surface area contributed by atoms with Crippen LogP contribution in [0.5, 0.6) is 0 Å². The largest absolute Gasteiger partial charge is 1.00 e. The zero-order valence-electron chi connectivity index (χ0n) is 6.80. The Balaban J connectivity index is 0.000000810. The van der Waals surface area contributed by atoms with Crippen molar-refractivity contribution in [3.63, 3.8) is 0 Å². The summed E-state index contributed by atoms with van der Waals surface area (Å²) >= 11 is 0. The Morgan fingerprint density at radius 2 is 2.20 bits per heavy atom. The molecule has 0 N–H and O–H groups in total. The molecular formula is C7H13NaO2. The van der Waals surface area contributed by atoms with Gasteiger partial charge in [0.1, 0.15) is 0 Å². The number of hydrogen-bond donors (Lipinski definition) is 0.